The van der Waals surface area contributed by atoms with Crippen LogP contribution in [0.25, 0.3) is 0 Å². The second kappa shape index (κ2) is 4.10. The standard InChI is InChI=1S/C10H16N2O2S2/c1-10(7-11)4-5-12(8-10)16(13,14)9-3-2-6-15-9/h2-3,6H,4-5,7-8,11H2,1H3. The average Bonchev–Trinajstić information content (AvgIpc) is 2.87. The highest BCUT2D eigenvalue weighted by molar-refractivity contribution is 7.91. The molecule has 90 valence electrons. The van der Waals surface area contributed by atoms with Crippen LogP contribution < -0.4 is 5.73 Å². The van der Waals surface area contributed by atoms with Crippen molar-refractivity contribution >= 4 is 21.4 Å². The molecule has 6 heteroatoms. The summed E-state index contributed by atoms with van der Waals surface area (Å²) in [6.45, 7) is 3.68. The number of nitrogens with zero attached hydrogens (tertiary/aromatic N) is 1. The Morgan fingerprint density at radius 2 is 2.38 bits per heavy atom. The highest BCUT2D eigenvalue weighted by Gasteiger charge is 2.39. The summed E-state index contributed by atoms with van der Waals surface area (Å²) in [4.78, 5) is 0. The molecule has 1 aromatic rings. The third-order valence-electron chi connectivity index (χ3n) is 3.10. The first-order valence-electron chi connectivity index (χ1n) is 5.22. The van der Waals surface area contributed by atoms with E-state index in [1.807, 2.05) is 6.92 Å². The molecule has 1 aromatic heterocycles. The van der Waals surface area contributed by atoms with Gasteiger partial charge in [0, 0.05) is 13.1 Å². The molecule has 1 aliphatic rings. The molecular weight excluding hydrogens is 244 g/mol. The largest absolute Gasteiger partial charge is 0.330 e. The third-order valence-corrected chi connectivity index (χ3v) is 6.32. The van der Waals surface area contributed by atoms with Crippen molar-refractivity contribution in [3.8, 4) is 0 Å². The van der Waals surface area contributed by atoms with Crippen LogP contribution in [0.5, 0.6) is 0 Å². The van der Waals surface area contributed by atoms with Crippen molar-refractivity contribution in [2.24, 2.45) is 11.1 Å². The van der Waals surface area contributed by atoms with E-state index in [9.17, 15) is 8.42 Å². The monoisotopic (exact) mass is 260 g/mol. The Morgan fingerprint density at radius 3 is 2.88 bits per heavy atom. The van der Waals surface area contributed by atoms with Gasteiger partial charge in [-0.1, -0.05) is 13.0 Å². The first kappa shape index (κ1) is 12.0. The fourth-order valence-corrected chi connectivity index (χ4v) is 4.62. The molecule has 2 N–H and O–H groups in total. The Kier molecular flexibility index (Phi) is 3.09. The molecule has 4 nitrogen and oxygen atoms in total. The van der Waals surface area contributed by atoms with Crippen molar-refractivity contribution in [2.45, 2.75) is 17.6 Å². The lowest BCUT2D eigenvalue weighted by molar-refractivity contribution is 0.350. The number of sulfonamides is 1. The van der Waals surface area contributed by atoms with E-state index in [1.165, 1.54) is 11.3 Å². The summed E-state index contributed by atoms with van der Waals surface area (Å²) in [5, 5.41) is 1.78. The Labute approximate surface area is 100 Å². The van der Waals surface area contributed by atoms with Crippen LogP contribution >= 0.6 is 11.3 Å². The number of thiophene rings is 1. The van der Waals surface area contributed by atoms with E-state index < -0.39 is 10.0 Å². The van der Waals surface area contributed by atoms with Gasteiger partial charge >= 0.3 is 0 Å². The van der Waals surface area contributed by atoms with Crippen molar-refractivity contribution in [2.75, 3.05) is 19.6 Å². The maximum Gasteiger partial charge on any atom is 0.252 e. The minimum Gasteiger partial charge on any atom is -0.330 e. The molecule has 1 saturated heterocycles. The Balaban J connectivity index is 2.22. The second-order valence-electron chi connectivity index (χ2n) is 4.54. The van der Waals surface area contributed by atoms with Crippen molar-refractivity contribution in [3.63, 3.8) is 0 Å². The zero-order chi connectivity index (χ0) is 11.8. The fourth-order valence-electron chi connectivity index (χ4n) is 1.89. The predicted molar refractivity (Wildman–Crippen MR) is 64.9 cm³/mol. The van der Waals surface area contributed by atoms with Gasteiger partial charge in [-0.2, -0.15) is 4.31 Å². The molecule has 0 aromatic carbocycles. The van der Waals surface area contributed by atoms with E-state index in [0.29, 0.717) is 23.8 Å². The van der Waals surface area contributed by atoms with Crippen molar-refractivity contribution < 1.29 is 8.42 Å². The van der Waals surface area contributed by atoms with Gasteiger partial charge < -0.3 is 5.73 Å². The molecule has 1 fully saturated rings. The minimum atomic E-state index is -3.28. The highest BCUT2D eigenvalue weighted by Crippen LogP contribution is 2.33. The number of hydrogen-bond acceptors (Lipinski definition) is 4. The molecule has 0 amide bonds. The van der Waals surface area contributed by atoms with Gasteiger partial charge in [-0.15, -0.1) is 11.3 Å². The maximum absolute atomic E-state index is 12.2. The van der Waals surface area contributed by atoms with E-state index in [1.54, 1.807) is 21.8 Å². The first-order valence-corrected chi connectivity index (χ1v) is 7.54. The molecule has 2 heterocycles. The fraction of sp³-hybridized carbons (Fsp3) is 0.600. The van der Waals surface area contributed by atoms with E-state index >= 15 is 0 Å². The second-order valence-corrected chi connectivity index (χ2v) is 7.65. The van der Waals surface area contributed by atoms with Crippen LogP contribution in [0.2, 0.25) is 0 Å². The smallest absolute Gasteiger partial charge is 0.252 e. The SMILES string of the molecule is CC1(CN)CCN(S(=O)(=O)c2cccs2)C1. The molecule has 1 atom stereocenters. The molecule has 0 saturated carbocycles. The highest BCUT2D eigenvalue weighted by atomic mass is 32.2. The molecule has 0 aliphatic carbocycles. The van der Waals surface area contributed by atoms with Crippen LogP contribution in [0.1, 0.15) is 13.3 Å². The van der Waals surface area contributed by atoms with Gasteiger partial charge in [0.25, 0.3) is 10.0 Å². The topological polar surface area (TPSA) is 63.4 Å². The molecular formula is C10H16N2O2S2. The summed E-state index contributed by atoms with van der Waals surface area (Å²) in [5.74, 6) is 0. The predicted octanol–water partition coefficient (Wildman–Crippen LogP) is 1.11. The van der Waals surface area contributed by atoms with E-state index in [-0.39, 0.29) is 5.41 Å². The van der Waals surface area contributed by atoms with Crippen LogP contribution in [0, 0.1) is 5.41 Å². The van der Waals surface area contributed by atoms with E-state index in [4.69, 9.17) is 5.73 Å². The summed E-state index contributed by atoms with van der Waals surface area (Å²) < 4.78 is 26.4. The molecule has 16 heavy (non-hydrogen) atoms. The lowest BCUT2D eigenvalue weighted by Gasteiger charge is -2.21. The summed E-state index contributed by atoms with van der Waals surface area (Å²) in [6, 6.07) is 3.41. The normalized spacial score (nSPS) is 27.4. The van der Waals surface area contributed by atoms with Crippen LogP contribution in [-0.4, -0.2) is 32.4 Å². The summed E-state index contributed by atoms with van der Waals surface area (Å²) in [7, 11) is -3.28. The minimum absolute atomic E-state index is 0.0651. The summed E-state index contributed by atoms with van der Waals surface area (Å²) >= 11 is 1.26. The zero-order valence-corrected chi connectivity index (χ0v) is 10.9. The van der Waals surface area contributed by atoms with Gasteiger partial charge in [-0.05, 0) is 29.8 Å². The Bertz CT molecular complexity index is 455. The van der Waals surface area contributed by atoms with E-state index in [2.05, 4.69) is 0 Å². The maximum atomic E-state index is 12.2. The Morgan fingerprint density at radius 1 is 1.62 bits per heavy atom. The molecule has 0 spiro atoms. The van der Waals surface area contributed by atoms with Crippen molar-refractivity contribution in [3.05, 3.63) is 17.5 Å². The van der Waals surface area contributed by atoms with Crippen LogP contribution in [0.3, 0.4) is 0 Å². The molecule has 0 bridgehead atoms. The first-order chi connectivity index (χ1) is 7.48. The van der Waals surface area contributed by atoms with Gasteiger partial charge in [0.1, 0.15) is 4.21 Å². The zero-order valence-electron chi connectivity index (χ0n) is 9.22. The van der Waals surface area contributed by atoms with Gasteiger partial charge in [0.05, 0.1) is 0 Å². The van der Waals surface area contributed by atoms with Gasteiger partial charge in [0.15, 0.2) is 0 Å². The lowest BCUT2D eigenvalue weighted by atomic mass is 9.90. The van der Waals surface area contributed by atoms with Crippen molar-refractivity contribution in [1.82, 2.24) is 4.31 Å². The third kappa shape index (κ3) is 2.02. The number of rotatable bonds is 3. The van der Waals surface area contributed by atoms with E-state index in [0.717, 1.165) is 6.42 Å². The lowest BCUT2D eigenvalue weighted by Crippen LogP contribution is -2.34. The molecule has 2 rings (SSSR count). The quantitative estimate of drug-likeness (QED) is 0.885. The molecule has 1 aliphatic heterocycles. The van der Waals surface area contributed by atoms with Crippen LogP contribution in [0.4, 0.5) is 0 Å². The van der Waals surface area contributed by atoms with Crippen molar-refractivity contribution in [1.29, 1.82) is 0 Å². The number of nitrogens with two attached hydrogens (primary N) is 1. The summed E-state index contributed by atoms with van der Waals surface area (Å²) in [6.07, 6.45) is 0.841. The number of hydrogen-bond donors (Lipinski definition) is 1. The van der Waals surface area contributed by atoms with Gasteiger partial charge in [0.2, 0.25) is 0 Å². The van der Waals surface area contributed by atoms with Gasteiger partial charge in [-0.3, -0.25) is 0 Å². The van der Waals surface area contributed by atoms with Gasteiger partial charge in [-0.25, -0.2) is 8.42 Å². The molecule has 0 radical (unpaired) electrons. The summed E-state index contributed by atoms with van der Waals surface area (Å²) in [5.41, 5.74) is 5.61. The van der Waals surface area contributed by atoms with Crippen LogP contribution in [0.15, 0.2) is 21.7 Å². The molecule has 1 unspecified atom stereocenters. The Hall–Kier alpha value is -0.430. The van der Waals surface area contributed by atoms with Crippen LogP contribution in [-0.2, 0) is 10.0 Å². The average molecular weight is 260 g/mol.